The Kier molecular flexibility index (Phi) is 62.8. The average molecular weight is 586 g/mol. The fourth-order valence-electron chi connectivity index (χ4n) is 2.13. The van der Waals surface area contributed by atoms with Gasteiger partial charge in [-0.2, -0.15) is 0 Å². The Bertz CT molecular complexity index is 966. The van der Waals surface area contributed by atoms with Gasteiger partial charge in [0.05, 0.1) is 0 Å². The molecule has 0 spiro atoms. The van der Waals surface area contributed by atoms with Crippen LogP contribution in [0.4, 0.5) is 0 Å². The molecule has 2 heteroatoms. The number of hydrogen-bond acceptors (Lipinski definition) is 1. The summed E-state index contributed by atoms with van der Waals surface area (Å²) in [5.41, 5.74) is 3.54. The minimum atomic E-state index is 0.0633. The maximum absolute atomic E-state index is 12.3. The minimum absolute atomic E-state index is 0.0633. The maximum Gasteiger partial charge on any atom is 0.262 e. The monoisotopic (exact) mass is 586 g/mol. The van der Waals surface area contributed by atoms with E-state index in [1.54, 1.807) is 16.7 Å². The van der Waals surface area contributed by atoms with Crippen LogP contribution in [0.15, 0.2) is 85.4 Å². The lowest BCUT2D eigenvalue weighted by Crippen LogP contribution is -2.44. The first-order valence-electron chi connectivity index (χ1n) is 16.0. The highest BCUT2D eigenvalue weighted by atomic mass is 16.1. The SMILES string of the molecule is C=C.C=C/C=C\C(C)=C/C.C=CC.CC.CC.CC=c1c(=O)n(/C(C)=C/C)cc/c1=C(\C)CC.CCC.CCC(C)C. The lowest BCUT2D eigenvalue weighted by Gasteiger charge is -2.06. The van der Waals surface area contributed by atoms with Gasteiger partial charge in [-0.25, -0.2) is 0 Å². The topological polar surface area (TPSA) is 22.0 Å². The Morgan fingerprint density at radius 2 is 1.29 bits per heavy atom. The molecule has 0 aliphatic rings. The molecular formula is C40H75NO. The molecule has 0 fully saturated rings. The fourth-order valence-corrected chi connectivity index (χ4v) is 2.13. The third-order valence-corrected chi connectivity index (χ3v) is 4.97. The van der Waals surface area contributed by atoms with Crippen LogP contribution in [0.25, 0.3) is 17.3 Å². The van der Waals surface area contributed by atoms with E-state index in [9.17, 15) is 4.79 Å². The second-order valence-corrected chi connectivity index (χ2v) is 8.72. The predicted octanol–water partition coefficient (Wildman–Crippen LogP) is 12.3. The Morgan fingerprint density at radius 1 is 0.881 bits per heavy atom. The second-order valence-electron chi connectivity index (χ2n) is 8.72. The molecule has 0 unspecified atom stereocenters. The van der Waals surface area contributed by atoms with Crippen LogP contribution in [0.3, 0.4) is 0 Å². The molecule has 1 rings (SSSR count). The zero-order chi connectivity index (χ0) is 35.1. The van der Waals surface area contributed by atoms with E-state index in [-0.39, 0.29) is 5.56 Å². The highest BCUT2D eigenvalue weighted by molar-refractivity contribution is 5.46. The number of hydrogen-bond donors (Lipinski definition) is 0. The van der Waals surface area contributed by atoms with Gasteiger partial charge in [0.25, 0.3) is 5.56 Å². The summed E-state index contributed by atoms with van der Waals surface area (Å²) in [7, 11) is 0. The van der Waals surface area contributed by atoms with Crippen LogP contribution in [0.1, 0.15) is 137 Å². The maximum atomic E-state index is 12.3. The summed E-state index contributed by atoms with van der Waals surface area (Å²) in [5.74, 6) is 0.884. The predicted molar refractivity (Wildman–Crippen MR) is 205 cm³/mol. The van der Waals surface area contributed by atoms with Gasteiger partial charge in [-0.3, -0.25) is 9.36 Å². The van der Waals surface area contributed by atoms with E-state index < -0.39 is 0 Å². The van der Waals surface area contributed by atoms with Crippen molar-refractivity contribution in [2.75, 3.05) is 0 Å². The average Bonchev–Trinajstić information content (AvgIpc) is 3.03. The van der Waals surface area contributed by atoms with Crippen LogP contribution in [-0.4, -0.2) is 4.57 Å². The largest absolute Gasteiger partial charge is 0.288 e. The van der Waals surface area contributed by atoms with E-state index in [0.29, 0.717) is 0 Å². The quantitative estimate of drug-likeness (QED) is 0.249. The first kappa shape index (κ1) is 55.1. The molecule has 1 aromatic heterocycles. The summed E-state index contributed by atoms with van der Waals surface area (Å²) in [6.07, 6.45) is 18.7. The summed E-state index contributed by atoms with van der Waals surface area (Å²) < 4.78 is 1.70. The lowest BCUT2D eigenvalue weighted by molar-refractivity contribution is 0.626. The molecule has 246 valence electrons. The summed E-state index contributed by atoms with van der Waals surface area (Å²) in [5, 5.41) is 1.87. The number of nitrogens with zero attached hydrogens (tertiary/aromatic N) is 1. The molecule has 2 nitrogen and oxygen atoms in total. The van der Waals surface area contributed by atoms with Crippen molar-refractivity contribution in [3.8, 4) is 0 Å². The molecule has 1 aromatic rings. The first-order chi connectivity index (χ1) is 20.0. The zero-order valence-corrected chi connectivity index (χ0v) is 31.6. The number of pyridine rings is 1. The van der Waals surface area contributed by atoms with Crippen LogP contribution in [0.5, 0.6) is 0 Å². The van der Waals surface area contributed by atoms with Crippen molar-refractivity contribution < 1.29 is 0 Å². The van der Waals surface area contributed by atoms with Crippen molar-refractivity contribution in [2.45, 2.75) is 137 Å². The molecule has 0 saturated carbocycles. The van der Waals surface area contributed by atoms with Crippen LogP contribution >= 0.6 is 0 Å². The van der Waals surface area contributed by atoms with Crippen molar-refractivity contribution in [2.24, 2.45) is 5.92 Å². The minimum Gasteiger partial charge on any atom is -0.288 e. The standard InChI is InChI=1S/C15H21NO.C8H12.C5H12.C3H8.C3H6.2C2H6.C2H4/c1-6-11(4)14-9-10-16(12(5)7-2)15(17)13(14)8-3;1-4-6-7-8(3)5-2;1-4-5(2)3;2*1-3-2;3*1-2/h7-10H,6H2,1-5H3;4-7H,1H2,2-3H3;5H,4H2,1-3H3;3H2,1-2H3;3H,1H2,2H3;2*1-2H3;1-2H2/b12-7+,13-8?,14-11-;7-6-,8-5-;;;;;;. The normalized spacial score (nSPS) is 10.8. The number of aromatic nitrogens is 1. The van der Waals surface area contributed by atoms with E-state index >= 15 is 0 Å². The molecule has 0 aromatic carbocycles. The van der Waals surface area contributed by atoms with Gasteiger partial charge in [-0.15, -0.1) is 19.7 Å². The summed E-state index contributed by atoms with van der Waals surface area (Å²) in [4.78, 5) is 12.3. The molecule has 0 aliphatic heterocycles. The summed E-state index contributed by atoms with van der Waals surface area (Å²) in [6, 6.07) is 2.03. The highest BCUT2D eigenvalue weighted by Crippen LogP contribution is 1.97. The molecule has 0 radical (unpaired) electrons. The molecule has 0 aliphatic carbocycles. The summed E-state index contributed by atoms with van der Waals surface area (Å²) in [6.45, 7) is 47.8. The van der Waals surface area contributed by atoms with Crippen molar-refractivity contribution in [3.05, 3.63) is 101 Å². The van der Waals surface area contributed by atoms with Crippen LogP contribution < -0.4 is 16.0 Å². The van der Waals surface area contributed by atoms with Gasteiger partial charge in [0, 0.05) is 17.1 Å². The molecule has 0 bridgehead atoms. The van der Waals surface area contributed by atoms with E-state index in [4.69, 9.17) is 0 Å². The molecule has 1 heterocycles. The Hall–Kier alpha value is -2.87. The molecule has 0 atom stereocenters. The van der Waals surface area contributed by atoms with Crippen LogP contribution in [0, 0.1) is 5.92 Å². The van der Waals surface area contributed by atoms with Gasteiger partial charge in [-0.05, 0) is 72.1 Å². The van der Waals surface area contributed by atoms with Crippen molar-refractivity contribution in [3.63, 3.8) is 0 Å². The van der Waals surface area contributed by atoms with Crippen LogP contribution in [-0.2, 0) is 0 Å². The van der Waals surface area contributed by atoms with Gasteiger partial charge < -0.3 is 0 Å². The van der Waals surface area contributed by atoms with Gasteiger partial charge in [-0.1, -0.05) is 142 Å². The van der Waals surface area contributed by atoms with Gasteiger partial charge in [0.15, 0.2) is 0 Å². The molecule has 0 amide bonds. The third-order valence-electron chi connectivity index (χ3n) is 4.97. The van der Waals surface area contributed by atoms with Crippen LogP contribution in [0.2, 0.25) is 0 Å². The molecular weight excluding hydrogens is 510 g/mol. The van der Waals surface area contributed by atoms with E-state index in [2.05, 4.69) is 87.8 Å². The smallest absolute Gasteiger partial charge is 0.262 e. The van der Waals surface area contributed by atoms with Crippen molar-refractivity contribution >= 4 is 17.3 Å². The van der Waals surface area contributed by atoms with Crippen molar-refractivity contribution in [1.82, 2.24) is 4.57 Å². The molecule has 0 saturated heterocycles. The first-order valence-corrected chi connectivity index (χ1v) is 16.0. The van der Waals surface area contributed by atoms with Gasteiger partial charge >= 0.3 is 0 Å². The van der Waals surface area contributed by atoms with Crippen molar-refractivity contribution in [1.29, 1.82) is 0 Å². The highest BCUT2D eigenvalue weighted by Gasteiger charge is 2.01. The zero-order valence-electron chi connectivity index (χ0n) is 31.6. The fraction of sp³-hybridized carbons (Fsp3) is 0.525. The van der Waals surface area contributed by atoms with Gasteiger partial charge in [0.2, 0.25) is 0 Å². The van der Waals surface area contributed by atoms with E-state index in [1.807, 2.05) is 98.9 Å². The van der Waals surface area contributed by atoms with Gasteiger partial charge in [0.1, 0.15) is 0 Å². The number of rotatable bonds is 5. The molecule has 0 N–H and O–H groups in total. The summed E-state index contributed by atoms with van der Waals surface area (Å²) >= 11 is 0. The number of allylic oxidation sites excluding steroid dienone is 8. The Balaban J connectivity index is -0.0000000820. The van der Waals surface area contributed by atoms with E-state index in [1.165, 1.54) is 24.0 Å². The Morgan fingerprint density at radius 3 is 1.55 bits per heavy atom. The Labute approximate surface area is 265 Å². The second kappa shape index (κ2) is 47.9. The third kappa shape index (κ3) is 37.1. The lowest BCUT2D eigenvalue weighted by atomic mass is 10.1. The van der Waals surface area contributed by atoms with E-state index in [0.717, 1.165) is 28.5 Å². The molecule has 42 heavy (non-hydrogen) atoms.